The Morgan fingerprint density at radius 2 is 1.09 bits per heavy atom. The Kier molecular flexibility index (Phi) is 10.8. The SMILES string of the molecule is O=C(Cc1ccccc1)NC1C(=O)N2C(C(=O)OC(c3ccccc3)c3ccccc3)=C(C[P+](c3ccccc3)(c3ccccc3)c3ccccc3)CS[C@@H]12. The van der Waals surface area contributed by atoms with Crippen molar-refractivity contribution in [1.29, 1.82) is 0 Å². The standard InChI is InChI=1S/C47H39N2O4PS/c50-41(31-34-19-7-1-8-20-34)48-42-45(51)49-43(47(52)53-44(35-21-9-2-10-22-35)36-23-11-3-12-24-36)37(33-55-46(42)49)32-54(38-25-13-4-14-26-38,39-27-15-5-16-28-39)40-29-17-6-18-30-40/h1-30,42,44,46H,31-33H2/p+1/t42?,46-/m0/s1. The van der Waals surface area contributed by atoms with Crippen LogP contribution in [0.15, 0.2) is 193 Å². The Hall–Kier alpha value is -5.75. The van der Waals surface area contributed by atoms with E-state index in [0.717, 1.165) is 22.3 Å². The lowest BCUT2D eigenvalue weighted by molar-refractivity contribution is -0.154. The summed E-state index contributed by atoms with van der Waals surface area (Å²) in [7, 11) is -2.45. The molecule has 0 aliphatic carbocycles. The second-order valence-corrected chi connectivity index (χ2v) is 18.2. The van der Waals surface area contributed by atoms with Crippen LogP contribution >= 0.6 is 19.0 Å². The van der Waals surface area contributed by atoms with Gasteiger partial charge < -0.3 is 10.1 Å². The first-order chi connectivity index (χ1) is 27.0. The number of ether oxygens (including phenoxy) is 1. The van der Waals surface area contributed by atoms with Gasteiger partial charge in [-0.25, -0.2) is 4.79 Å². The molecular formula is C47H40N2O4PS+. The molecule has 8 rings (SSSR count). The maximum atomic E-state index is 15.0. The van der Waals surface area contributed by atoms with E-state index in [1.807, 2.05) is 109 Å². The van der Waals surface area contributed by atoms with Gasteiger partial charge in [-0.05, 0) is 53.1 Å². The van der Waals surface area contributed by atoms with E-state index >= 15 is 4.79 Å². The van der Waals surface area contributed by atoms with Gasteiger partial charge in [-0.15, -0.1) is 11.8 Å². The largest absolute Gasteiger partial charge is 0.448 e. The van der Waals surface area contributed by atoms with E-state index in [2.05, 4.69) is 78.1 Å². The predicted molar refractivity (Wildman–Crippen MR) is 223 cm³/mol. The maximum absolute atomic E-state index is 15.0. The third-order valence-corrected chi connectivity index (χ3v) is 15.9. The second-order valence-electron chi connectivity index (χ2n) is 13.7. The first-order valence-corrected chi connectivity index (χ1v) is 21.4. The highest BCUT2D eigenvalue weighted by Gasteiger charge is 2.56. The van der Waals surface area contributed by atoms with E-state index in [4.69, 9.17) is 4.74 Å². The average Bonchev–Trinajstić information content (AvgIpc) is 3.25. The number of nitrogens with one attached hydrogen (secondary N) is 1. The molecule has 55 heavy (non-hydrogen) atoms. The van der Waals surface area contributed by atoms with Crippen molar-refractivity contribution in [1.82, 2.24) is 10.2 Å². The van der Waals surface area contributed by atoms with Crippen molar-refractivity contribution >= 4 is 52.7 Å². The van der Waals surface area contributed by atoms with Crippen molar-refractivity contribution in [2.75, 3.05) is 11.9 Å². The molecule has 6 nitrogen and oxygen atoms in total. The Balaban J connectivity index is 1.23. The number of carbonyl (C=O) groups excluding carboxylic acids is 3. The van der Waals surface area contributed by atoms with Gasteiger partial charge in [0.2, 0.25) is 5.91 Å². The molecule has 1 unspecified atom stereocenters. The van der Waals surface area contributed by atoms with E-state index in [0.29, 0.717) is 11.9 Å². The van der Waals surface area contributed by atoms with E-state index in [-0.39, 0.29) is 23.9 Å². The van der Waals surface area contributed by atoms with Crippen LogP contribution in [0.1, 0.15) is 22.8 Å². The molecule has 6 aromatic carbocycles. The quantitative estimate of drug-likeness (QED) is 0.0812. The van der Waals surface area contributed by atoms with Crippen molar-refractivity contribution in [2.45, 2.75) is 23.9 Å². The molecular weight excluding hydrogens is 720 g/mol. The van der Waals surface area contributed by atoms with Crippen molar-refractivity contribution in [3.05, 3.63) is 210 Å². The number of esters is 1. The van der Waals surface area contributed by atoms with Crippen molar-refractivity contribution in [3.63, 3.8) is 0 Å². The number of hydrogen-bond donors (Lipinski definition) is 1. The highest BCUT2D eigenvalue weighted by molar-refractivity contribution is 8.00. The molecule has 1 fully saturated rings. The summed E-state index contributed by atoms with van der Waals surface area (Å²) in [6.07, 6.45) is -0.0245. The minimum absolute atomic E-state index is 0.159. The zero-order valence-corrected chi connectivity index (χ0v) is 31.8. The summed E-state index contributed by atoms with van der Waals surface area (Å²) in [4.78, 5) is 44.1. The third-order valence-electron chi connectivity index (χ3n) is 10.2. The van der Waals surface area contributed by atoms with Crippen molar-refractivity contribution in [2.24, 2.45) is 0 Å². The lowest BCUT2D eigenvalue weighted by atomic mass is 10.0. The Labute approximate surface area is 326 Å². The van der Waals surface area contributed by atoms with Crippen LogP contribution in [-0.4, -0.2) is 46.0 Å². The van der Waals surface area contributed by atoms with Gasteiger partial charge in [0.05, 0.1) is 12.6 Å². The molecule has 6 aromatic rings. The number of β-lactam (4-membered cyclic amide) rings is 1. The van der Waals surface area contributed by atoms with Crippen LogP contribution in [0.4, 0.5) is 0 Å². The fourth-order valence-electron chi connectivity index (χ4n) is 7.60. The molecule has 2 amide bonds. The van der Waals surface area contributed by atoms with E-state index in [1.165, 1.54) is 15.9 Å². The molecule has 1 N–H and O–H groups in total. The minimum atomic E-state index is -2.45. The topological polar surface area (TPSA) is 75.7 Å². The Bertz CT molecular complexity index is 2160. The molecule has 0 saturated carbocycles. The molecule has 2 atom stereocenters. The van der Waals surface area contributed by atoms with Gasteiger partial charge in [-0.1, -0.05) is 146 Å². The van der Waals surface area contributed by atoms with Crippen LogP contribution in [0.25, 0.3) is 0 Å². The summed E-state index contributed by atoms with van der Waals surface area (Å²) in [5.41, 5.74) is 3.63. The highest BCUT2D eigenvalue weighted by Crippen LogP contribution is 2.58. The molecule has 2 heterocycles. The number of amides is 2. The predicted octanol–water partition coefficient (Wildman–Crippen LogP) is 7.21. The van der Waals surface area contributed by atoms with Crippen LogP contribution in [0.3, 0.4) is 0 Å². The van der Waals surface area contributed by atoms with Gasteiger partial charge in [0.1, 0.15) is 40.3 Å². The molecule has 2 aliphatic rings. The summed E-state index contributed by atoms with van der Waals surface area (Å²) in [6, 6.07) is 59.6. The number of fused-ring (bicyclic) bond motifs is 1. The van der Waals surface area contributed by atoms with Gasteiger partial charge in [0, 0.05) is 11.3 Å². The lowest BCUT2D eigenvalue weighted by Crippen LogP contribution is -2.70. The van der Waals surface area contributed by atoms with Crippen molar-refractivity contribution in [3.8, 4) is 0 Å². The Morgan fingerprint density at radius 1 is 0.655 bits per heavy atom. The summed E-state index contributed by atoms with van der Waals surface area (Å²) in [6.45, 7) is 0. The number of rotatable bonds is 12. The van der Waals surface area contributed by atoms with Crippen LogP contribution in [-0.2, 0) is 25.5 Å². The van der Waals surface area contributed by atoms with Crippen LogP contribution in [0, 0.1) is 0 Å². The summed E-state index contributed by atoms with van der Waals surface area (Å²) >= 11 is 1.58. The molecule has 8 heteroatoms. The van der Waals surface area contributed by atoms with Gasteiger partial charge in [0.25, 0.3) is 5.91 Å². The van der Waals surface area contributed by atoms with Crippen LogP contribution in [0.2, 0.25) is 0 Å². The maximum Gasteiger partial charge on any atom is 0.356 e. The second kappa shape index (κ2) is 16.3. The van der Waals surface area contributed by atoms with Gasteiger partial charge >= 0.3 is 5.97 Å². The molecule has 1 saturated heterocycles. The number of hydrogen-bond acceptors (Lipinski definition) is 5. The van der Waals surface area contributed by atoms with Gasteiger partial charge in [-0.3, -0.25) is 14.5 Å². The van der Waals surface area contributed by atoms with Crippen LogP contribution in [0.5, 0.6) is 0 Å². The monoisotopic (exact) mass is 759 g/mol. The molecule has 2 aliphatic heterocycles. The summed E-state index contributed by atoms with van der Waals surface area (Å²) in [5, 5.41) is 6.05. The zero-order chi connectivity index (χ0) is 37.6. The molecule has 0 radical (unpaired) electrons. The first-order valence-electron chi connectivity index (χ1n) is 18.4. The zero-order valence-electron chi connectivity index (χ0n) is 30.1. The Morgan fingerprint density at radius 3 is 1.56 bits per heavy atom. The fourth-order valence-corrected chi connectivity index (χ4v) is 13.4. The fraction of sp³-hybridized carbons (Fsp3) is 0.128. The molecule has 0 aromatic heterocycles. The molecule has 0 bridgehead atoms. The van der Waals surface area contributed by atoms with Gasteiger partial charge in [-0.2, -0.15) is 0 Å². The van der Waals surface area contributed by atoms with Gasteiger partial charge in [0.15, 0.2) is 6.10 Å². The molecule has 0 spiro atoms. The third kappa shape index (κ3) is 7.38. The first kappa shape index (κ1) is 36.2. The smallest absolute Gasteiger partial charge is 0.356 e. The normalized spacial score (nSPS) is 16.6. The average molecular weight is 760 g/mol. The van der Waals surface area contributed by atoms with E-state index in [9.17, 15) is 9.59 Å². The number of carbonyl (C=O) groups is 3. The number of thioether (sulfide) groups is 1. The van der Waals surface area contributed by atoms with Crippen LogP contribution < -0.4 is 21.2 Å². The summed E-state index contributed by atoms with van der Waals surface area (Å²) < 4.78 is 6.55. The lowest BCUT2D eigenvalue weighted by Gasteiger charge is -2.50. The van der Waals surface area contributed by atoms with E-state index < -0.39 is 30.8 Å². The van der Waals surface area contributed by atoms with Crippen molar-refractivity contribution < 1.29 is 19.1 Å². The van der Waals surface area contributed by atoms with E-state index in [1.54, 1.807) is 16.7 Å². The summed E-state index contributed by atoms with van der Waals surface area (Å²) in [5.74, 6) is -0.631. The molecule has 272 valence electrons. The number of benzene rings is 6. The highest BCUT2D eigenvalue weighted by atomic mass is 32.2. The minimum Gasteiger partial charge on any atom is -0.448 e. The number of nitrogens with zero attached hydrogens (tertiary/aromatic N) is 1.